The Morgan fingerprint density at radius 3 is 2.65 bits per heavy atom. The lowest BCUT2D eigenvalue weighted by atomic mass is 10.2. The fourth-order valence-corrected chi connectivity index (χ4v) is 2.09. The summed E-state index contributed by atoms with van der Waals surface area (Å²) in [4.78, 5) is 1.50. The van der Waals surface area contributed by atoms with Crippen molar-refractivity contribution in [3.8, 4) is 0 Å². The predicted molar refractivity (Wildman–Crippen MR) is 66.1 cm³/mol. The van der Waals surface area contributed by atoms with Crippen LogP contribution in [0.3, 0.4) is 0 Å². The van der Waals surface area contributed by atoms with Crippen LogP contribution in [0.1, 0.15) is 5.56 Å². The van der Waals surface area contributed by atoms with Gasteiger partial charge in [-0.15, -0.1) is 11.6 Å². The molecule has 0 aromatic heterocycles. The molecule has 0 bridgehead atoms. The monoisotopic (exact) mass is 329 g/mol. The number of nitrogens with zero attached hydrogens (tertiary/aromatic N) is 1. The lowest BCUT2D eigenvalue weighted by Gasteiger charge is -2.21. The Morgan fingerprint density at radius 1 is 1.35 bits per heavy atom. The first-order valence-electron chi connectivity index (χ1n) is 5.04. The minimum Gasteiger partial charge on any atom is -0.292 e. The topological polar surface area (TPSA) is 3.24 Å². The number of rotatable bonds is 6. The van der Waals surface area contributed by atoms with Crippen LogP contribution in [0.4, 0.5) is 13.2 Å². The molecule has 0 aliphatic carbocycles. The Morgan fingerprint density at radius 2 is 2.06 bits per heavy atom. The summed E-state index contributed by atoms with van der Waals surface area (Å²) in [5.41, 5.74) is 0.635. The lowest BCUT2D eigenvalue weighted by molar-refractivity contribution is 0.0877. The van der Waals surface area contributed by atoms with E-state index in [-0.39, 0.29) is 19.0 Å². The van der Waals surface area contributed by atoms with Crippen LogP contribution in [-0.4, -0.2) is 30.3 Å². The quantitative estimate of drug-likeness (QED) is 0.715. The van der Waals surface area contributed by atoms with Gasteiger partial charge in [0.25, 0.3) is 6.43 Å². The lowest BCUT2D eigenvalue weighted by Crippen LogP contribution is -2.30. The molecule has 0 atom stereocenters. The Labute approximate surface area is 112 Å². The van der Waals surface area contributed by atoms with Gasteiger partial charge in [-0.25, -0.2) is 13.2 Å². The fourth-order valence-electron chi connectivity index (χ4n) is 1.46. The van der Waals surface area contributed by atoms with E-state index >= 15 is 0 Å². The second-order valence-corrected chi connectivity index (χ2v) is 4.70. The molecule has 0 unspecified atom stereocenters. The maximum atomic E-state index is 13.2. The summed E-state index contributed by atoms with van der Waals surface area (Å²) in [6.07, 6.45) is -2.43. The van der Waals surface area contributed by atoms with Gasteiger partial charge in [-0.3, -0.25) is 4.90 Å². The molecule has 0 amide bonds. The third kappa shape index (κ3) is 4.85. The molecular weight excluding hydrogens is 318 g/mol. The highest BCUT2D eigenvalue weighted by molar-refractivity contribution is 9.10. The molecule has 0 heterocycles. The molecule has 96 valence electrons. The normalized spacial score (nSPS) is 11.5. The maximum Gasteiger partial charge on any atom is 0.251 e. The summed E-state index contributed by atoms with van der Waals surface area (Å²) in [6, 6.07) is 4.56. The van der Waals surface area contributed by atoms with E-state index in [1.807, 2.05) is 0 Å². The maximum absolute atomic E-state index is 13.2. The van der Waals surface area contributed by atoms with Gasteiger partial charge in [0.05, 0.1) is 11.0 Å². The van der Waals surface area contributed by atoms with E-state index in [4.69, 9.17) is 11.6 Å². The van der Waals surface area contributed by atoms with Gasteiger partial charge in [-0.1, -0.05) is 12.1 Å². The molecule has 0 radical (unpaired) electrons. The highest BCUT2D eigenvalue weighted by Gasteiger charge is 2.14. The standard InChI is InChI=1S/C11H12BrClF3N/c12-11-8(2-1-3-9(11)14)6-17(5-4-13)7-10(15)16/h1-3,10H,4-7H2. The first-order valence-corrected chi connectivity index (χ1v) is 6.36. The Hall–Kier alpha value is -0.260. The van der Waals surface area contributed by atoms with Crippen molar-refractivity contribution >= 4 is 27.5 Å². The summed E-state index contributed by atoms with van der Waals surface area (Å²) in [7, 11) is 0. The van der Waals surface area contributed by atoms with Crippen LogP contribution in [0, 0.1) is 5.82 Å². The van der Waals surface area contributed by atoms with Gasteiger partial charge < -0.3 is 0 Å². The van der Waals surface area contributed by atoms with Crippen molar-refractivity contribution in [1.29, 1.82) is 0 Å². The van der Waals surface area contributed by atoms with Crippen molar-refractivity contribution in [1.82, 2.24) is 4.90 Å². The summed E-state index contributed by atoms with van der Waals surface area (Å²) in [5.74, 6) is -0.134. The smallest absolute Gasteiger partial charge is 0.251 e. The van der Waals surface area contributed by atoms with Gasteiger partial charge in [0.15, 0.2) is 0 Å². The Bertz CT molecular complexity index is 363. The summed E-state index contributed by atoms with van der Waals surface area (Å²) in [5, 5.41) is 0. The molecule has 1 nitrogen and oxygen atoms in total. The number of hydrogen-bond acceptors (Lipinski definition) is 1. The molecule has 17 heavy (non-hydrogen) atoms. The van der Waals surface area contributed by atoms with Crippen LogP contribution < -0.4 is 0 Å². The molecule has 0 fully saturated rings. The van der Waals surface area contributed by atoms with E-state index in [1.54, 1.807) is 12.1 Å². The molecule has 0 aliphatic heterocycles. The summed E-state index contributed by atoms with van der Waals surface area (Å²) >= 11 is 8.65. The van der Waals surface area contributed by atoms with Crippen molar-refractivity contribution in [2.24, 2.45) is 0 Å². The molecule has 6 heteroatoms. The van der Waals surface area contributed by atoms with Gasteiger partial charge in [0.2, 0.25) is 0 Å². The second-order valence-electron chi connectivity index (χ2n) is 3.53. The summed E-state index contributed by atoms with van der Waals surface area (Å²) in [6.45, 7) is 0.222. The third-order valence-corrected chi connectivity index (χ3v) is 3.28. The summed E-state index contributed by atoms with van der Waals surface area (Å²) < 4.78 is 38.2. The highest BCUT2D eigenvalue weighted by Crippen LogP contribution is 2.22. The predicted octanol–water partition coefficient (Wildman–Crippen LogP) is 3.89. The molecule has 0 spiro atoms. The van der Waals surface area contributed by atoms with Crippen LogP contribution in [-0.2, 0) is 6.54 Å². The van der Waals surface area contributed by atoms with E-state index in [0.717, 1.165) is 0 Å². The average Bonchev–Trinajstić information content (AvgIpc) is 2.24. The van der Waals surface area contributed by atoms with E-state index in [1.165, 1.54) is 11.0 Å². The highest BCUT2D eigenvalue weighted by atomic mass is 79.9. The minimum absolute atomic E-state index is 0.245. The molecule has 0 saturated carbocycles. The van der Waals surface area contributed by atoms with Crippen molar-refractivity contribution in [3.05, 3.63) is 34.1 Å². The zero-order chi connectivity index (χ0) is 12.8. The molecule has 1 rings (SSSR count). The number of hydrogen-bond donors (Lipinski definition) is 0. The van der Waals surface area contributed by atoms with Gasteiger partial charge in [0, 0.05) is 19.0 Å². The third-order valence-electron chi connectivity index (χ3n) is 2.22. The minimum atomic E-state index is -2.43. The zero-order valence-corrected chi connectivity index (χ0v) is 11.3. The van der Waals surface area contributed by atoms with Crippen LogP contribution in [0.5, 0.6) is 0 Å². The number of halogens is 5. The first-order chi connectivity index (χ1) is 8.04. The molecular formula is C11H12BrClF3N. The van der Waals surface area contributed by atoms with Gasteiger partial charge in [-0.05, 0) is 27.6 Å². The average molecular weight is 331 g/mol. The Balaban J connectivity index is 2.74. The van der Waals surface area contributed by atoms with Gasteiger partial charge in [-0.2, -0.15) is 0 Å². The number of alkyl halides is 3. The van der Waals surface area contributed by atoms with Crippen molar-refractivity contribution < 1.29 is 13.2 Å². The van der Waals surface area contributed by atoms with Crippen LogP contribution in [0.25, 0.3) is 0 Å². The SMILES string of the molecule is Fc1cccc(CN(CCCl)CC(F)F)c1Br. The molecule has 0 saturated heterocycles. The van der Waals surface area contributed by atoms with Gasteiger partial charge >= 0.3 is 0 Å². The van der Waals surface area contributed by atoms with Crippen molar-refractivity contribution in [3.63, 3.8) is 0 Å². The van der Waals surface area contributed by atoms with Crippen molar-refractivity contribution in [2.45, 2.75) is 13.0 Å². The van der Waals surface area contributed by atoms with E-state index in [2.05, 4.69) is 15.9 Å². The second kappa shape index (κ2) is 7.24. The van der Waals surface area contributed by atoms with Crippen LogP contribution in [0.15, 0.2) is 22.7 Å². The number of benzene rings is 1. The van der Waals surface area contributed by atoms with E-state index in [0.29, 0.717) is 16.6 Å². The first kappa shape index (κ1) is 14.8. The van der Waals surface area contributed by atoms with Crippen molar-refractivity contribution in [2.75, 3.05) is 19.0 Å². The Kier molecular flexibility index (Phi) is 6.30. The molecule has 1 aromatic rings. The van der Waals surface area contributed by atoms with Crippen LogP contribution >= 0.6 is 27.5 Å². The van der Waals surface area contributed by atoms with Crippen LogP contribution in [0.2, 0.25) is 0 Å². The largest absolute Gasteiger partial charge is 0.292 e. The fraction of sp³-hybridized carbons (Fsp3) is 0.455. The van der Waals surface area contributed by atoms with E-state index in [9.17, 15) is 13.2 Å². The van der Waals surface area contributed by atoms with E-state index < -0.39 is 12.2 Å². The molecule has 1 aromatic carbocycles. The molecule has 0 aliphatic rings. The molecule has 0 N–H and O–H groups in total. The zero-order valence-electron chi connectivity index (χ0n) is 8.97. The van der Waals surface area contributed by atoms with Gasteiger partial charge in [0.1, 0.15) is 5.82 Å².